The molecule has 0 heterocycles. The van der Waals surface area contributed by atoms with Crippen molar-refractivity contribution in [3.8, 4) is 0 Å². The number of nitrogens with one attached hydrogen (secondary N) is 1. The Labute approximate surface area is 91.0 Å². The van der Waals surface area contributed by atoms with Gasteiger partial charge in [-0.2, -0.15) is 0 Å². The van der Waals surface area contributed by atoms with E-state index in [-0.39, 0.29) is 5.75 Å². The minimum absolute atomic E-state index is 0.0800. The van der Waals surface area contributed by atoms with E-state index in [4.69, 9.17) is 5.14 Å². The van der Waals surface area contributed by atoms with Gasteiger partial charge in [-0.1, -0.05) is 12.2 Å². The molecule has 0 amide bonds. The van der Waals surface area contributed by atoms with Crippen LogP contribution >= 0.6 is 0 Å². The van der Waals surface area contributed by atoms with Gasteiger partial charge in [0.25, 0.3) is 0 Å². The van der Waals surface area contributed by atoms with E-state index in [1.807, 2.05) is 0 Å². The van der Waals surface area contributed by atoms with Gasteiger partial charge < -0.3 is 5.32 Å². The third-order valence-electron chi connectivity index (χ3n) is 3.37. The zero-order chi connectivity index (χ0) is 10.9. The topological polar surface area (TPSA) is 72.2 Å². The zero-order valence-corrected chi connectivity index (χ0v) is 9.54. The van der Waals surface area contributed by atoms with Crippen LogP contribution in [0.1, 0.15) is 19.3 Å². The average molecular weight is 230 g/mol. The van der Waals surface area contributed by atoms with Crippen molar-refractivity contribution < 1.29 is 8.42 Å². The third kappa shape index (κ3) is 2.80. The summed E-state index contributed by atoms with van der Waals surface area (Å²) in [5, 5.41) is 8.31. The molecule has 0 radical (unpaired) electrons. The lowest BCUT2D eigenvalue weighted by molar-refractivity contribution is 0.164. The van der Waals surface area contributed by atoms with E-state index < -0.39 is 10.0 Å². The van der Waals surface area contributed by atoms with E-state index >= 15 is 0 Å². The highest BCUT2D eigenvalue weighted by atomic mass is 32.2. The Morgan fingerprint density at radius 1 is 1.47 bits per heavy atom. The molecule has 0 aromatic heterocycles. The molecule has 0 spiro atoms. The fourth-order valence-corrected chi connectivity index (χ4v) is 3.06. The van der Waals surface area contributed by atoms with Gasteiger partial charge in [-0.15, -0.1) is 0 Å². The first kappa shape index (κ1) is 11.1. The minimum atomic E-state index is -3.28. The van der Waals surface area contributed by atoms with Gasteiger partial charge in [0.05, 0.1) is 5.75 Å². The smallest absolute Gasteiger partial charge is 0.209 e. The monoisotopic (exact) mass is 230 g/mol. The largest absolute Gasteiger partial charge is 0.313 e. The molecule has 0 saturated heterocycles. The molecule has 0 aromatic rings. The number of nitrogens with two attached hydrogens (primary N) is 1. The molecule has 2 aliphatic rings. The lowest BCUT2D eigenvalue weighted by atomic mass is 9.71. The first-order chi connectivity index (χ1) is 7.06. The number of allylic oxidation sites excluding steroid dienone is 1. The first-order valence-corrected chi connectivity index (χ1v) is 7.18. The molecule has 1 saturated carbocycles. The van der Waals surface area contributed by atoms with Crippen LogP contribution in [0.2, 0.25) is 0 Å². The molecule has 3 atom stereocenters. The first-order valence-electron chi connectivity index (χ1n) is 5.47. The molecular formula is C10H18N2O2S. The summed E-state index contributed by atoms with van der Waals surface area (Å²) in [4.78, 5) is 0. The van der Waals surface area contributed by atoms with E-state index in [0.717, 1.165) is 12.5 Å². The second-order valence-corrected chi connectivity index (χ2v) is 6.25. The molecular weight excluding hydrogens is 212 g/mol. The fourth-order valence-electron chi connectivity index (χ4n) is 2.51. The molecule has 0 bridgehead atoms. The number of hydrogen-bond acceptors (Lipinski definition) is 3. The summed E-state index contributed by atoms with van der Waals surface area (Å²) in [5.74, 6) is 1.62. The van der Waals surface area contributed by atoms with Crippen LogP contribution in [0.5, 0.6) is 0 Å². The molecule has 3 N–H and O–H groups in total. The zero-order valence-electron chi connectivity index (χ0n) is 8.72. The number of primary sulfonamides is 1. The van der Waals surface area contributed by atoms with Crippen LogP contribution in [0.4, 0.5) is 0 Å². The van der Waals surface area contributed by atoms with Gasteiger partial charge in [-0.25, -0.2) is 13.6 Å². The Hall–Kier alpha value is -0.390. The summed E-state index contributed by atoms with van der Waals surface area (Å²) in [6.07, 6.45) is 7.59. The van der Waals surface area contributed by atoms with E-state index in [1.54, 1.807) is 0 Å². The Morgan fingerprint density at radius 3 is 2.93 bits per heavy atom. The van der Waals surface area contributed by atoms with E-state index in [1.165, 1.54) is 12.8 Å². The van der Waals surface area contributed by atoms with Crippen LogP contribution in [0.3, 0.4) is 0 Å². The van der Waals surface area contributed by atoms with Crippen molar-refractivity contribution >= 4 is 10.0 Å². The van der Waals surface area contributed by atoms with Crippen molar-refractivity contribution in [2.24, 2.45) is 17.0 Å². The lowest BCUT2D eigenvalue weighted by Gasteiger charge is -2.40. The summed E-state index contributed by atoms with van der Waals surface area (Å²) < 4.78 is 21.4. The van der Waals surface area contributed by atoms with Crippen LogP contribution in [0.25, 0.3) is 0 Å². The summed E-state index contributed by atoms with van der Waals surface area (Å²) in [6, 6.07) is 0.564. The van der Waals surface area contributed by atoms with Gasteiger partial charge in [0.2, 0.25) is 10.0 Å². The van der Waals surface area contributed by atoms with Crippen molar-refractivity contribution in [1.29, 1.82) is 0 Å². The van der Waals surface area contributed by atoms with Crippen molar-refractivity contribution in [3.05, 3.63) is 12.2 Å². The SMILES string of the molecule is NS(=O)(=O)CCCNC1CC2CC=CC21. The van der Waals surface area contributed by atoms with Crippen molar-refractivity contribution in [1.82, 2.24) is 5.32 Å². The summed E-state index contributed by atoms with van der Waals surface area (Å²) >= 11 is 0. The van der Waals surface area contributed by atoms with Crippen molar-refractivity contribution in [2.45, 2.75) is 25.3 Å². The number of fused-ring (bicyclic) bond motifs is 1. The Bertz CT molecular complexity index is 350. The second-order valence-electron chi connectivity index (χ2n) is 4.52. The van der Waals surface area contributed by atoms with Crippen molar-refractivity contribution in [2.75, 3.05) is 12.3 Å². The molecule has 4 nitrogen and oxygen atoms in total. The second kappa shape index (κ2) is 4.23. The number of hydrogen-bond donors (Lipinski definition) is 2. The summed E-state index contributed by atoms with van der Waals surface area (Å²) in [7, 11) is -3.28. The molecule has 1 fully saturated rings. The highest BCUT2D eigenvalue weighted by Crippen LogP contribution is 2.42. The van der Waals surface area contributed by atoms with Crippen LogP contribution in [0, 0.1) is 11.8 Å². The standard InChI is InChI=1S/C10H18N2O2S/c11-15(13,14)6-2-5-12-10-7-8-3-1-4-9(8)10/h1,4,8-10,12H,2-3,5-7H2,(H2,11,13,14). The molecule has 15 heavy (non-hydrogen) atoms. The predicted octanol–water partition coefficient (Wildman–Crippen LogP) is 0.219. The number of sulfonamides is 1. The molecule has 0 aliphatic heterocycles. The fraction of sp³-hybridized carbons (Fsp3) is 0.800. The van der Waals surface area contributed by atoms with Gasteiger partial charge >= 0.3 is 0 Å². The summed E-state index contributed by atoms with van der Waals surface area (Å²) in [6.45, 7) is 0.748. The predicted molar refractivity (Wildman–Crippen MR) is 59.7 cm³/mol. The van der Waals surface area contributed by atoms with Crippen LogP contribution in [-0.4, -0.2) is 26.8 Å². The quantitative estimate of drug-likeness (QED) is 0.524. The van der Waals surface area contributed by atoms with Crippen LogP contribution in [0.15, 0.2) is 12.2 Å². The maximum atomic E-state index is 10.7. The van der Waals surface area contributed by atoms with Gasteiger partial charge in [0.1, 0.15) is 0 Å². The van der Waals surface area contributed by atoms with E-state index in [0.29, 0.717) is 18.4 Å². The van der Waals surface area contributed by atoms with Crippen LogP contribution < -0.4 is 10.5 Å². The minimum Gasteiger partial charge on any atom is -0.313 e. The van der Waals surface area contributed by atoms with E-state index in [9.17, 15) is 8.42 Å². The lowest BCUT2D eigenvalue weighted by Crippen LogP contribution is -2.48. The highest BCUT2D eigenvalue weighted by Gasteiger charge is 2.40. The Kier molecular flexibility index (Phi) is 3.13. The Balaban J connectivity index is 1.61. The molecule has 2 rings (SSSR count). The van der Waals surface area contributed by atoms with Gasteiger partial charge in [0.15, 0.2) is 0 Å². The maximum absolute atomic E-state index is 10.7. The normalized spacial score (nSPS) is 33.8. The molecule has 2 aliphatic carbocycles. The molecule has 0 aromatic carbocycles. The van der Waals surface area contributed by atoms with Crippen molar-refractivity contribution in [3.63, 3.8) is 0 Å². The molecule has 86 valence electrons. The average Bonchev–Trinajstić information content (AvgIpc) is 2.45. The maximum Gasteiger partial charge on any atom is 0.209 e. The highest BCUT2D eigenvalue weighted by molar-refractivity contribution is 7.89. The van der Waals surface area contributed by atoms with Gasteiger partial charge in [0, 0.05) is 6.04 Å². The van der Waals surface area contributed by atoms with Gasteiger partial charge in [-0.3, -0.25) is 0 Å². The van der Waals surface area contributed by atoms with Crippen LogP contribution in [-0.2, 0) is 10.0 Å². The number of rotatable bonds is 5. The Morgan fingerprint density at radius 2 is 2.27 bits per heavy atom. The molecule has 3 unspecified atom stereocenters. The summed E-state index contributed by atoms with van der Waals surface area (Å²) in [5.41, 5.74) is 0. The molecule has 5 heteroatoms. The van der Waals surface area contributed by atoms with E-state index in [2.05, 4.69) is 17.5 Å². The third-order valence-corrected chi connectivity index (χ3v) is 4.23. The van der Waals surface area contributed by atoms with Gasteiger partial charge in [-0.05, 0) is 37.6 Å².